The highest BCUT2D eigenvalue weighted by molar-refractivity contribution is 7.18. The number of rotatable bonds is 0. The molecule has 0 saturated carbocycles. The molecule has 0 saturated heterocycles. The van der Waals surface area contributed by atoms with Crippen molar-refractivity contribution in [3.05, 3.63) is 241 Å². The van der Waals surface area contributed by atoms with E-state index in [1.807, 2.05) is 78.5 Å². The fraction of sp³-hybridized carbons (Fsp3) is 0.275. The third kappa shape index (κ3) is 16.7. The minimum Gasteiger partial charge on any atom is -0.398 e. The van der Waals surface area contributed by atoms with Crippen LogP contribution >= 0.6 is 11.3 Å². The molecule has 11 aromatic rings. The molecule has 0 bridgehead atoms. The zero-order valence-corrected chi connectivity index (χ0v) is 59.2. The van der Waals surface area contributed by atoms with Gasteiger partial charge in [-0.25, -0.2) is 39.9 Å². The Morgan fingerprint density at radius 2 is 1.09 bits per heavy atom. The fourth-order valence-electron chi connectivity index (χ4n) is 13.7. The van der Waals surface area contributed by atoms with E-state index in [0.717, 1.165) is 81.2 Å². The number of fused-ring (bicyclic) bond motifs is 9. The van der Waals surface area contributed by atoms with Gasteiger partial charge in [0.05, 0.1) is 10.2 Å². The number of allylic oxidation sites excluding steroid dienone is 6. The number of aromatic nitrogens is 9. The molecule has 19 heteroatoms. The van der Waals surface area contributed by atoms with E-state index in [1.165, 1.54) is 121 Å². The van der Waals surface area contributed by atoms with Gasteiger partial charge in [-0.05, 0) is 236 Å². The summed E-state index contributed by atoms with van der Waals surface area (Å²) in [6, 6.07) is 24.4. The van der Waals surface area contributed by atoms with Gasteiger partial charge in [0.25, 0.3) is 0 Å². The van der Waals surface area contributed by atoms with Crippen molar-refractivity contribution in [1.82, 2.24) is 44.4 Å². The Bertz CT molecular complexity index is 4720. The van der Waals surface area contributed by atoms with Gasteiger partial charge >= 0.3 is 0 Å². The van der Waals surface area contributed by atoms with Crippen LogP contribution in [0.3, 0.4) is 0 Å². The van der Waals surface area contributed by atoms with Gasteiger partial charge in [0.2, 0.25) is 0 Å². The van der Waals surface area contributed by atoms with Crippen LogP contribution < -0.4 is 51.6 Å². The van der Waals surface area contributed by atoms with Crippen LogP contribution in [0.5, 0.6) is 0 Å². The van der Waals surface area contributed by atoms with Crippen molar-refractivity contribution in [2.75, 3.05) is 51.6 Å². The molecule has 10 aromatic heterocycles. The van der Waals surface area contributed by atoms with E-state index in [0.29, 0.717) is 52.7 Å². The lowest BCUT2D eigenvalue weighted by Gasteiger charge is -2.05. The molecule has 7 aliphatic carbocycles. The molecule has 1 aromatic carbocycles. The summed E-state index contributed by atoms with van der Waals surface area (Å²) in [4.78, 5) is 32.2. The van der Waals surface area contributed by atoms with Crippen LogP contribution in [-0.2, 0) is 52.0 Å². The Hall–Kier alpha value is -10.9. The molecule has 0 fully saturated rings. The van der Waals surface area contributed by atoms with Crippen LogP contribution in [0, 0.1) is 12.8 Å². The Balaban J connectivity index is 0.000000120. The molecular weight excluding hydrogens is 1250 g/mol. The molecule has 18 rings (SSSR count). The monoisotopic (exact) mass is 1340 g/mol. The first-order valence-corrected chi connectivity index (χ1v) is 34.6. The average Bonchev–Trinajstić information content (AvgIpc) is 1.72. The van der Waals surface area contributed by atoms with Gasteiger partial charge in [-0.3, -0.25) is 0 Å². The van der Waals surface area contributed by atoms with Gasteiger partial charge in [0.15, 0.2) is 0 Å². The second-order valence-electron chi connectivity index (χ2n) is 26.4. The third-order valence-corrected chi connectivity index (χ3v) is 20.3. The lowest BCUT2D eigenvalue weighted by atomic mass is 10.0. The molecule has 18 nitrogen and oxygen atoms in total. The largest absolute Gasteiger partial charge is 0.398 e. The van der Waals surface area contributed by atoms with Gasteiger partial charge in [0.1, 0.15) is 46.5 Å². The van der Waals surface area contributed by atoms with E-state index in [-0.39, 0.29) is 0 Å². The van der Waals surface area contributed by atoms with Crippen molar-refractivity contribution in [3.63, 3.8) is 0 Å². The topological polar surface area (TPSA) is 342 Å². The number of nitrogens with two attached hydrogens (primary N) is 9. The predicted octanol–water partition coefficient (Wildman–Crippen LogP) is 15.4. The zero-order valence-electron chi connectivity index (χ0n) is 58.4. The van der Waals surface area contributed by atoms with E-state index >= 15 is 0 Å². The summed E-state index contributed by atoms with van der Waals surface area (Å²) in [7, 11) is 1.99. The number of nitrogens with zero attached hydrogens (tertiary/aromatic N) is 9. The Morgan fingerprint density at radius 1 is 0.485 bits per heavy atom. The van der Waals surface area contributed by atoms with E-state index in [2.05, 4.69) is 143 Å². The molecule has 4 atom stereocenters. The number of nitrogen functional groups attached to an aromatic ring is 9. The van der Waals surface area contributed by atoms with Crippen LogP contribution in [0.25, 0.3) is 44.3 Å². The number of pyridine rings is 8. The van der Waals surface area contributed by atoms with Crippen molar-refractivity contribution in [1.29, 1.82) is 0 Å². The number of hydrogen-bond donors (Lipinski definition) is 9. The van der Waals surface area contributed by atoms with Crippen LogP contribution in [0.2, 0.25) is 0 Å². The number of thiophene rings is 1. The quantitative estimate of drug-likeness (QED) is 0.0637. The van der Waals surface area contributed by atoms with Crippen LogP contribution in [0.1, 0.15) is 163 Å². The maximum absolute atomic E-state index is 5.83. The van der Waals surface area contributed by atoms with Crippen molar-refractivity contribution < 1.29 is 0 Å². The van der Waals surface area contributed by atoms with Crippen molar-refractivity contribution >= 4 is 108 Å². The third-order valence-electron chi connectivity index (χ3n) is 19.2. The van der Waals surface area contributed by atoms with Gasteiger partial charge in [-0.2, -0.15) is 0 Å². The van der Waals surface area contributed by atoms with Crippen molar-refractivity contribution in [3.8, 4) is 0 Å². The van der Waals surface area contributed by atoms with Gasteiger partial charge in [-0.1, -0.05) is 75.8 Å². The number of benzene rings is 1. The van der Waals surface area contributed by atoms with Crippen LogP contribution in [0.15, 0.2) is 158 Å². The highest BCUT2D eigenvalue weighted by Gasteiger charge is 2.23. The van der Waals surface area contributed by atoms with Crippen molar-refractivity contribution in [2.24, 2.45) is 13.0 Å². The van der Waals surface area contributed by atoms with E-state index in [9.17, 15) is 0 Å². The molecule has 7 aliphatic rings. The molecule has 0 spiro atoms. The van der Waals surface area contributed by atoms with Gasteiger partial charge in [-0.15, -0.1) is 11.3 Å². The molecule has 99 heavy (non-hydrogen) atoms. The van der Waals surface area contributed by atoms with Crippen LogP contribution in [-0.4, -0.2) is 44.4 Å². The summed E-state index contributed by atoms with van der Waals surface area (Å²) < 4.78 is 3.12. The smallest absolute Gasteiger partial charge is 0.141 e. The molecule has 0 radical (unpaired) electrons. The van der Waals surface area contributed by atoms with Crippen LogP contribution in [0.4, 0.5) is 52.2 Å². The predicted molar refractivity (Wildman–Crippen MR) is 416 cm³/mol. The lowest BCUT2D eigenvalue weighted by Crippen LogP contribution is -1.98. The molecule has 0 aliphatic heterocycles. The normalized spacial score (nSPS) is 16.7. The zero-order chi connectivity index (χ0) is 70.6. The standard InChI is InChI=1S/C10H13N.C9H10N2.C9H12N2.2C9H10N2.C9H12N2.C9H10N2.C8H9N3.C8H8N2S/c1-7-5-8-3-2-4-10(11)9(8)6-7;1-6-4-7-2-3-11-9(10)8(7)5-6;3*1-6-2-3-8-7(6)4-5-11-9(8)10;2*1-6-2-3-7-4-5-11-9(10)8(6)7;1-11-5-3-6-7(11)2-4-10-8(6)9;1-5-4-11-7-6(5)2-3-10-8(7)9/h2-4,7H,5-6,11H2,1H3;2-3,5H,4H2,1H3,(H2,10,11);4-6H,2-3H2,1H3,(H2,10,11);2,4-5H,3H2,1H3,(H2,10,11);2-6H,1H3,(H2,10,11);4-6H,2-3H2,1H3,(H2,10,11);2,4-5H,3H2,1H3,(H2,10,11);2-5H,1H3,(H2,9,10);2-4H,1H3,(H2,9,10). The summed E-state index contributed by atoms with van der Waals surface area (Å²) in [6.45, 7) is 17.3. The van der Waals surface area contributed by atoms with Gasteiger partial charge < -0.3 is 56.2 Å². The summed E-state index contributed by atoms with van der Waals surface area (Å²) in [5.74, 6) is 7.90. The number of hydrogen-bond acceptors (Lipinski definition) is 18. The second kappa shape index (κ2) is 32.0. The van der Waals surface area contributed by atoms with E-state index < -0.39 is 0 Å². The maximum Gasteiger partial charge on any atom is 0.141 e. The summed E-state index contributed by atoms with van der Waals surface area (Å²) in [6.07, 6.45) is 36.8. The summed E-state index contributed by atoms with van der Waals surface area (Å²) in [5, 5.41) is 4.35. The second-order valence-corrected chi connectivity index (χ2v) is 27.3. The first-order valence-electron chi connectivity index (χ1n) is 33.8. The number of anilines is 9. The summed E-state index contributed by atoms with van der Waals surface area (Å²) >= 11 is 1.65. The Kier molecular flexibility index (Phi) is 22.9. The molecular formula is C80H94N18S. The van der Waals surface area contributed by atoms with E-state index in [1.54, 1.807) is 60.9 Å². The van der Waals surface area contributed by atoms with E-state index in [4.69, 9.17) is 51.6 Å². The molecule has 10 heterocycles. The summed E-state index contributed by atoms with van der Waals surface area (Å²) in [5.41, 5.74) is 76.6. The average molecular weight is 1340 g/mol. The highest BCUT2D eigenvalue weighted by atomic mass is 32.1. The first kappa shape index (κ1) is 70.9. The fourth-order valence-corrected chi connectivity index (χ4v) is 14.6. The minimum absolute atomic E-state index is 0.496. The molecule has 18 N–H and O–H groups in total. The SMILES string of the molecule is CC1=CCc2c1ccnc2N.CC1=CCc2ccnc(N)c21.CC1=Cc2c(ccnc2N)C1.CC1C=Cc2c1ccnc2N.CC1CCc2c1ccnc2N.CC1CCc2ccnc(N)c21.CC1Cc2cccc(N)c2C1.Cc1csc2c(N)nccc12.Cn1ccc2c(N)nccc21. The van der Waals surface area contributed by atoms with Gasteiger partial charge in [0, 0.05) is 113 Å². The Labute approximate surface area is 585 Å². The molecule has 510 valence electrons. The molecule has 4 unspecified atom stereocenters. The molecule has 0 amide bonds. The highest BCUT2D eigenvalue weighted by Crippen LogP contribution is 2.38. The lowest BCUT2D eigenvalue weighted by molar-refractivity contribution is 0.628. The Morgan fingerprint density at radius 3 is 1.77 bits per heavy atom. The maximum atomic E-state index is 5.83. The van der Waals surface area contributed by atoms with Crippen molar-refractivity contribution in [2.45, 2.75) is 131 Å². The first-order chi connectivity index (χ1) is 47.6. The minimum atomic E-state index is 0.496. The number of aryl methyl sites for hydroxylation is 3.